The number of hydrogen-bond acceptors (Lipinski definition) is 2. The molecule has 3 heteroatoms. The Balaban J connectivity index is 2.09. The third-order valence-corrected chi connectivity index (χ3v) is 4.16. The third kappa shape index (κ3) is 2.72. The molecule has 0 aliphatic rings. The number of hydrogen-bond donors (Lipinski definition) is 1. The van der Waals surface area contributed by atoms with E-state index in [4.69, 9.17) is 0 Å². The molecular weight excluding hydrogens is 240 g/mol. The van der Waals surface area contributed by atoms with Crippen molar-refractivity contribution in [3.63, 3.8) is 0 Å². The molecule has 0 bridgehead atoms. The second kappa shape index (κ2) is 5.53. The molecule has 0 amide bonds. The number of nitrogens with one attached hydrogen (secondary N) is 1. The molecular formula is C15H20N2S. The van der Waals surface area contributed by atoms with Crippen LogP contribution in [0.1, 0.15) is 17.0 Å². The van der Waals surface area contributed by atoms with Gasteiger partial charge in [0.2, 0.25) is 0 Å². The Bertz CT molecular complexity index is 543. The van der Waals surface area contributed by atoms with E-state index in [1.54, 1.807) is 11.8 Å². The zero-order valence-electron chi connectivity index (χ0n) is 11.4. The molecule has 0 radical (unpaired) electrons. The average Bonchev–Trinajstić information content (AvgIpc) is 2.64. The van der Waals surface area contributed by atoms with E-state index < -0.39 is 0 Å². The van der Waals surface area contributed by atoms with E-state index in [1.165, 1.54) is 27.5 Å². The molecule has 0 saturated heterocycles. The number of thioether (sulfide) groups is 1. The van der Waals surface area contributed by atoms with E-state index in [1.807, 2.05) is 0 Å². The fourth-order valence-corrected chi connectivity index (χ4v) is 2.50. The summed E-state index contributed by atoms with van der Waals surface area (Å²) < 4.78 is 2.23. The van der Waals surface area contributed by atoms with Crippen LogP contribution in [0.25, 0.3) is 0 Å². The lowest BCUT2D eigenvalue weighted by atomic mass is 10.2. The molecule has 96 valence electrons. The number of nitrogens with zero attached hydrogens (tertiary/aromatic N) is 1. The zero-order valence-corrected chi connectivity index (χ0v) is 12.3. The highest BCUT2D eigenvalue weighted by Crippen LogP contribution is 2.20. The highest BCUT2D eigenvalue weighted by atomic mass is 32.2. The van der Waals surface area contributed by atoms with Crippen molar-refractivity contribution >= 4 is 17.4 Å². The predicted octanol–water partition coefficient (Wildman–Crippen LogP) is 3.98. The summed E-state index contributed by atoms with van der Waals surface area (Å²) >= 11 is 1.77. The van der Waals surface area contributed by atoms with Gasteiger partial charge >= 0.3 is 0 Å². The maximum atomic E-state index is 3.49. The van der Waals surface area contributed by atoms with Crippen LogP contribution in [0.15, 0.2) is 35.2 Å². The van der Waals surface area contributed by atoms with E-state index in [2.05, 4.69) is 67.4 Å². The molecule has 1 N–H and O–H groups in total. The molecule has 18 heavy (non-hydrogen) atoms. The lowest BCUT2D eigenvalue weighted by Gasteiger charge is -2.08. The zero-order chi connectivity index (χ0) is 13.1. The van der Waals surface area contributed by atoms with E-state index in [0.29, 0.717) is 0 Å². The molecule has 0 aliphatic heterocycles. The Morgan fingerprint density at radius 3 is 2.61 bits per heavy atom. The first-order chi connectivity index (χ1) is 8.61. The van der Waals surface area contributed by atoms with Gasteiger partial charge < -0.3 is 9.88 Å². The fraction of sp³-hybridized carbons (Fsp3) is 0.333. The summed E-state index contributed by atoms with van der Waals surface area (Å²) in [6.45, 7) is 5.19. The van der Waals surface area contributed by atoms with Crippen molar-refractivity contribution in [3.8, 4) is 0 Å². The highest BCUT2D eigenvalue weighted by molar-refractivity contribution is 7.98. The van der Waals surface area contributed by atoms with Crippen LogP contribution in [0.4, 0.5) is 5.69 Å². The van der Waals surface area contributed by atoms with Crippen LogP contribution in [0.2, 0.25) is 0 Å². The van der Waals surface area contributed by atoms with Crippen molar-refractivity contribution in [1.82, 2.24) is 4.57 Å². The summed E-state index contributed by atoms with van der Waals surface area (Å²) in [4.78, 5) is 1.29. The summed E-state index contributed by atoms with van der Waals surface area (Å²) in [6.07, 6.45) is 2.10. The van der Waals surface area contributed by atoms with Gasteiger partial charge in [-0.15, -0.1) is 11.8 Å². The molecule has 0 saturated carbocycles. The standard InChI is InChI=1S/C15H20N2S/c1-11-8-13(12(2)17(11)3)10-16-14-6-5-7-15(9-14)18-4/h5-9,16H,10H2,1-4H3. The molecule has 1 aromatic heterocycles. The summed E-state index contributed by atoms with van der Waals surface area (Å²) in [5.41, 5.74) is 5.19. The SMILES string of the molecule is CSc1cccc(NCc2cc(C)n(C)c2C)c1. The maximum absolute atomic E-state index is 3.49. The molecule has 2 rings (SSSR count). The third-order valence-electron chi connectivity index (χ3n) is 3.43. The van der Waals surface area contributed by atoms with Gasteiger partial charge in [-0.1, -0.05) is 6.07 Å². The number of aromatic nitrogens is 1. The first-order valence-corrected chi connectivity index (χ1v) is 7.34. The van der Waals surface area contributed by atoms with Crippen LogP contribution in [0.3, 0.4) is 0 Å². The molecule has 2 nitrogen and oxygen atoms in total. The van der Waals surface area contributed by atoms with Crippen LogP contribution in [0, 0.1) is 13.8 Å². The minimum atomic E-state index is 0.880. The van der Waals surface area contributed by atoms with Gasteiger partial charge in [-0.05, 0) is 49.9 Å². The minimum absolute atomic E-state index is 0.880. The average molecular weight is 260 g/mol. The Morgan fingerprint density at radius 1 is 1.22 bits per heavy atom. The van der Waals surface area contributed by atoms with Crippen molar-refractivity contribution in [1.29, 1.82) is 0 Å². The normalized spacial score (nSPS) is 10.7. The molecule has 0 spiro atoms. The number of rotatable bonds is 4. The van der Waals surface area contributed by atoms with E-state index in [9.17, 15) is 0 Å². The minimum Gasteiger partial charge on any atom is -0.381 e. The lowest BCUT2D eigenvalue weighted by Crippen LogP contribution is -2.01. The second-order valence-corrected chi connectivity index (χ2v) is 5.42. The Morgan fingerprint density at radius 2 is 2.00 bits per heavy atom. The molecule has 1 heterocycles. The first kappa shape index (κ1) is 13.1. The Hall–Kier alpha value is -1.35. The predicted molar refractivity (Wildman–Crippen MR) is 80.4 cm³/mol. The van der Waals surface area contributed by atoms with Gasteiger partial charge in [-0.3, -0.25) is 0 Å². The van der Waals surface area contributed by atoms with Gasteiger partial charge in [0.1, 0.15) is 0 Å². The van der Waals surface area contributed by atoms with Crippen molar-refractivity contribution in [2.75, 3.05) is 11.6 Å². The lowest BCUT2D eigenvalue weighted by molar-refractivity contribution is 0.837. The second-order valence-electron chi connectivity index (χ2n) is 4.54. The van der Waals surface area contributed by atoms with Gasteiger partial charge in [0, 0.05) is 35.6 Å². The van der Waals surface area contributed by atoms with Crippen molar-refractivity contribution in [3.05, 3.63) is 47.3 Å². The number of benzene rings is 1. The van der Waals surface area contributed by atoms with Crippen LogP contribution in [-0.2, 0) is 13.6 Å². The number of aryl methyl sites for hydroxylation is 1. The fourth-order valence-electron chi connectivity index (χ4n) is 2.04. The molecule has 0 fully saturated rings. The van der Waals surface area contributed by atoms with Crippen LogP contribution >= 0.6 is 11.8 Å². The van der Waals surface area contributed by atoms with Crippen LogP contribution in [-0.4, -0.2) is 10.8 Å². The maximum Gasteiger partial charge on any atom is 0.0418 e. The monoisotopic (exact) mass is 260 g/mol. The van der Waals surface area contributed by atoms with Crippen molar-refractivity contribution in [2.45, 2.75) is 25.3 Å². The summed E-state index contributed by atoms with van der Waals surface area (Å²) in [7, 11) is 2.11. The topological polar surface area (TPSA) is 17.0 Å². The Kier molecular flexibility index (Phi) is 4.02. The van der Waals surface area contributed by atoms with E-state index >= 15 is 0 Å². The van der Waals surface area contributed by atoms with Gasteiger partial charge in [0.25, 0.3) is 0 Å². The Labute approximate surface area is 113 Å². The molecule has 0 aliphatic carbocycles. The summed E-state index contributed by atoms with van der Waals surface area (Å²) in [5.74, 6) is 0. The van der Waals surface area contributed by atoms with Crippen molar-refractivity contribution < 1.29 is 0 Å². The largest absolute Gasteiger partial charge is 0.381 e. The summed E-state index contributed by atoms with van der Waals surface area (Å²) in [6, 6.07) is 10.8. The van der Waals surface area contributed by atoms with Crippen LogP contribution < -0.4 is 5.32 Å². The van der Waals surface area contributed by atoms with E-state index in [0.717, 1.165) is 6.54 Å². The smallest absolute Gasteiger partial charge is 0.0418 e. The van der Waals surface area contributed by atoms with E-state index in [-0.39, 0.29) is 0 Å². The molecule has 0 atom stereocenters. The van der Waals surface area contributed by atoms with Crippen molar-refractivity contribution in [2.24, 2.45) is 7.05 Å². The molecule has 0 unspecified atom stereocenters. The van der Waals surface area contributed by atoms with Gasteiger partial charge in [0.05, 0.1) is 0 Å². The number of anilines is 1. The van der Waals surface area contributed by atoms with Gasteiger partial charge in [0.15, 0.2) is 0 Å². The quantitative estimate of drug-likeness (QED) is 0.838. The molecule has 1 aromatic carbocycles. The highest BCUT2D eigenvalue weighted by Gasteiger charge is 2.05. The first-order valence-electron chi connectivity index (χ1n) is 6.11. The molecule has 2 aromatic rings. The van der Waals surface area contributed by atoms with Gasteiger partial charge in [-0.2, -0.15) is 0 Å². The summed E-state index contributed by atoms with van der Waals surface area (Å²) in [5, 5.41) is 3.49. The van der Waals surface area contributed by atoms with Gasteiger partial charge in [-0.25, -0.2) is 0 Å². The van der Waals surface area contributed by atoms with Crippen LogP contribution in [0.5, 0.6) is 0 Å².